The summed E-state index contributed by atoms with van der Waals surface area (Å²) in [7, 11) is 1.53. The molecule has 1 aliphatic rings. The first-order valence-corrected chi connectivity index (χ1v) is 9.83. The van der Waals surface area contributed by atoms with E-state index in [9.17, 15) is 9.59 Å². The van der Waals surface area contributed by atoms with Crippen molar-refractivity contribution in [2.24, 2.45) is 5.92 Å². The molecule has 0 aliphatic heterocycles. The Labute approximate surface area is 168 Å². The third kappa shape index (κ3) is 6.02. The van der Waals surface area contributed by atoms with Crippen molar-refractivity contribution < 1.29 is 19.1 Å². The average Bonchev–Trinajstić information content (AvgIpc) is 3.07. The minimum atomic E-state index is -0.684. The van der Waals surface area contributed by atoms with Gasteiger partial charge in [-0.15, -0.1) is 0 Å². The number of methoxy groups -OCH3 is 1. The van der Waals surface area contributed by atoms with Crippen LogP contribution in [0.2, 0.25) is 0 Å². The van der Waals surface area contributed by atoms with Crippen LogP contribution in [-0.4, -0.2) is 30.8 Å². The molecule has 0 bridgehead atoms. The van der Waals surface area contributed by atoms with E-state index in [1.165, 1.54) is 7.11 Å². The van der Waals surface area contributed by atoms with Gasteiger partial charge in [0.15, 0.2) is 0 Å². The van der Waals surface area contributed by atoms with Crippen molar-refractivity contribution in [3.05, 3.63) is 16.6 Å². The van der Waals surface area contributed by atoms with Gasteiger partial charge in [0.2, 0.25) is 5.91 Å². The van der Waals surface area contributed by atoms with E-state index in [-0.39, 0.29) is 11.8 Å². The number of carbonyl (C=O) groups is 2. The Morgan fingerprint density at radius 2 is 1.89 bits per heavy atom. The molecular formula is C19H28BrN3O4. The molecule has 0 unspecified atom stereocenters. The minimum Gasteiger partial charge on any atom is -0.495 e. The maximum atomic E-state index is 12.9. The fourth-order valence-corrected chi connectivity index (χ4v) is 3.69. The summed E-state index contributed by atoms with van der Waals surface area (Å²) in [4.78, 5) is 25.2. The number of nitrogens with one attached hydrogen (secondary N) is 2. The molecule has 2 amide bonds. The molecule has 1 aromatic rings. The van der Waals surface area contributed by atoms with Crippen LogP contribution in [0.4, 0.5) is 16.2 Å². The maximum Gasteiger partial charge on any atom is 0.408 e. The van der Waals surface area contributed by atoms with Gasteiger partial charge in [-0.05, 0) is 61.5 Å². The lowest BCUT2D eigenvalue weighted by molar-refractivity contribution is -0.119. The number of nitrogens with two attached hydrogens (primary N) is 1. The summed E-state index contributed by atoms with van der Waals surface area (Å²) in [5, 5.41) is 5.56. The molecule has 0 heterocycles. The van der Waals surface area contributed by atoms with Gasteiger partial charge in [-0.2, -0.15) is 0 Å². The van der Waals surface area contributed by atoms with Gasteiger partial charge >= 0.3 is 6.09 Å². The zero-order chi connectivity index (χ0) is 20.2. The fraction of sp³-hybridized carbons (Fsp3) is 0.579. The molecule has 1 aromatic carbocycles. The van der Waals surface area contributed by atoms with Crippen LogP contribution < -0.4 is 21.1 Å². The van der Waals surface area contributed by atoms with Gasteiger partial charge in [-0.3, -0.25) is 4.79 Å². The first kappa shape index (κ1) is 21.3. The number of nitrogen functional groups attached to an aromatic ring is 1. The first-order chi connectivity index (χ1) is 12.6. The molecule has 1 atom stereocenters. The van der Waals surface area contributed by atoms with E-state index in [2.05, 4.69) is 26.6 Å². The zero-order valence-electron chi connectivity index (χ0n) is 16.2. The van der Waals surface area contributed by atoms with Gasteiger partial charge in [-0.1, -0.05) is 12.8 Å². The molecule has 1 saturated carbocycles. The van der Waals surface area contributed by atoms with Crippen molar-refractivity contribution in [3.63, 3.8) is 0 Å². The Kier molecular flexibility index (Phi) is 6.97. The molecule has 0 radical (unpaired) electrons. The number of carbonyl (C=O) groups excluding carboxylic acids is 2. The Balaban J connectivity index is 2.17. The molecule has 0 aromatic heterocycles. The van der Waals surface area contributed by atoms with Gasteiger partial charge in [0.25, 0.3) is 0 Å². The standard InChI is InChI=1S/C19H28BrN3O4/c1-19(2,3)27-18(25)23-16(11-7-5-6-8-11)17(24)22-14-10-15(26-4)12(20)9-13(14)21/h9-11,16H,5-8,21H2,1-4H3,(H,22,24)(H,23,25)/t16-/m1/s1. The molecule has 7 nitrogen and oxygen atoms in total. The third-order valence-corrected chi connectivity index (χ3v) is 5.03. The first-order valence-electron chi connectivity index (χ1n) is 9.04. The van der Waals surface area contributed by atoms with Crippen LogP contribution in [0.1, 0.15) is 46.5 Å². The Morgan fingerprint density at radius 1 is 1.26 bits per heavy atom. The molecule has 4 N–H and O–H groups in total. The summed E-state index contributed by atoms with van der Waals surface area (Å²) in [5.74, 6) is 0.303. The van der Waals surface area contributed by atoms with Gasteiger partial charge < -0.3 is 25.8 Å². The monoisotopic (exact) mass is 441 g/mol. The summed E-state index contributed by atoms with van der Waals surface area (Å²) < 4.78 is 11.3. The van der Waals surface area contributed by atoms with E-state index in [0.29, 0.717) is 21.6 Å². The van der Waals surface area contributed by atoms with Gasteiger partial charge in [0.1, 0.15) is 17.4 Å². The van der Waals surface area contributed by atoms with E-state index in [0.717, 1.165) is 25.7 Å². The number of halogens is 1. The molecule has 150 valence electrons. The maximum absolute atomic E-state index is 12.9. The van der Waals surface area contributed by atoms with E-state index < -0.39 is 17.7 Å². The van der Waals surface area contributed by atoms with Crippen molar-refractivity contribution >= 4 is 39.3 Å². The van der Waals surface area contributed by atoms with Crippen LogP contribution in [0.15, 0.2) is 16.6 Å². The van der Waals surface area contributed by atoms with Crippen LogP contribution in [0, 0.1) is 5.92 Å². The van der Waals surface area contributed by atoms with Crippen molar-refractivity contribution in [3.8, 4) is 5.75 Å². The summed E-state index contributed by atoms with van der Waals surface area (Å²) in [5.41, 5.74) is 6.22. The topological polar surface area (TPSA) is 103 Å². The Hall–Kier alpha value is -1.96. The highest BCUT2D eigenvalue weighted by molar-refractivity contribution is 9.10. The molecule has 1 fully saturated rings. The molecule has 0 spiro atoms. The van der Waals surface area contributed by atoms with Crippen LogP contribution in [-0.2, 0) is 9.53 Å². The van der Waals surface area contributed by atoms with Gasteiger partial charge in [0.05, 0.1) is 23.0 Å². The zero-order valence-corrected chi connectivity index (χ0v) is 17.8. The second-order valence-corrected chi connectivity index (χ2v) is 8.59. The van der Waals surface area contributed by atoms with E-state index in [1.807, 2.05) is 0 Å². The van der Waals surface area contributed by atoms with Gasteiger partial charge in [0, 0.05) is 6.07 Å². The smallest absolute Gasteiger partial charge is 0.408 e. The highest BCUT2D eigenvalue weighted by atomic mass is 79.9. The normalized spacial score (nSPS) is 15.9. The van der Waals surface area contributed by atoms with E-state index in [1.54, 1.807) is 32.9 Å². The number of alkyl carbamates (subject to hydrolysis) is 1. The molecule has 0 saturated heterocycles. The Bertz CT molecular complexity index is 697. The van der Waals surface area contributed by atoms with Gasteiger partial charge in [-0.25, -0.2) is 4.79 Å². The van der Waals surface area contributed by atoms with Crippen LogP contribution in [0.25, 0.3) is 0 Å². The predicted molar refractivity (Wildman–Crippen MR) is 109 cm³/mol. The molecule has 1 aliphatic carbocycles. The molecule has 2 rings (SSSR count). The lowest BCUT2D eigenvalue weighted by Crippen LogP contribution is -2.49. The lowest BCUT2D eigenvalue weighted by Gasteiger charge is -2.26. The second kappa shape index (κ2) is 8.82. The number of rotatable bonds is 5. The van der Waals surface area contributed by atoms with Crippen molar-refractivity contribution in [1.29, 1.82) is 0 Å². The number of amides is 2. The number of ether oxygens (including phenoxy) is 2. The number of hydrogen-bond acceptors (Lipinski definition) is 5. The summed E-state index contributed by atoms with van der Waals surface area (Å²) in [6.45, 7) is 5.35. The summed E-state index contributed by atoms with van der Waals surface area (Å²) in [6.07, 6.45) is 3.24. The van der Waals surface area contributed by atoms with Crippen molar-refractivity contribution in [1.82, 2.24) is 5.32 Å². The van der Waals surface area contributed by atoms with Crippen molar-refractivity contribution in [2.75, 3.05) is 18.2 Å². The molecule has 27 heavy (non-hydrogen) atoms. The van der Waals surface area contributed by atoms with Crippen LogP contribution >= 0.6 is 15.9 Å². The van der Waals surface area contributed by atoms with Crippen LogP contribution in [0.5, 0.6) is 5.75 Å². The van der Waals surface area contributed by atoms with E-state index in [4.69, 9.17) is 15.2 Å². The largest absolute Gasteiger partial charge is 0.495 e. The molecular weight excluding hydrogens is 414 g/mol. The highest BCUT2D eigenvalue weighted by Crippen LogP contribution is 2.34. The third-order valence-electron chi connectivity index (χ3n) is 4.41. The number of benzene rings is 1. The highest BCUT2D eigenvalue weighted by Gasteiger charge is 2.33. The predicted octanol–water partition coefficient (Wildman–Crippen LogP) is 4.06. The van der Waals surface area contributed by atoms with E-state index >= 15 is 0 Å². The lowest BCUT2D eigenvalue weighted by atomic mass is 9.97. The average molecular weight is 442 g/mol. The number of hydrogen-bond donors (Lipinski definition) is 3. The summed E-state index contributed by atoms with van der Waals surface area (Å²) >= 11 is 3.36. The summed E-state index contributed by atoms with van der Waals surface area (Å²) in [6, 6.07) is 2.63. The number of anilines is 2. The SMILES string of the molecule is COc1cc(NC(=O)[C@H](NC(=O)OC(C)(C)C)C2CCCC2)c(N)cc1Br. The Morgan fingerprint density at radius 3 is 2.44 bits per heavy atom. The van der Waals surface area contributed by atoms with Crippen molar-refractivity contribution in [2.45, 2.75) is 58.1 Å². The van der Waals surface area contributed by atoms with Crippen LogP contribution in [0.3, 0.4) is 0 Å². The molecule has 8 heteroatoms. The minimum absolute atomic E-state index is 0.0658. The fourth-order valence-electron chi connectivity index (χ4n) is 3.17. The quantitative estimate of drug-likeness (QED) is 0.597. The second-order valence-electron chi connectivity index (χ2n) is 7.73.